The van der Waals surface area contributed by atoms with Crippen molar-refractivity contribution in [3.8, 4) is 0 Å². The van der Waals surface area contributed by atoms with Gasteiger partial charge in [0.25, 0.3) is 0 Å². The highest BCUT2D eigenvalue weighted by Crippen LogP contribution is 2.42. The van der Waals surface area contributed by atoms with Crippen LogP contribution in [0.15, 0.2) is 0 Å². The van der Waals surface area contributed by atoms with Crippen LogP contribution in [0.3, 0.4) is 0 Å². The van der Waals surface area contributed by atoms with Crippen LogP contribution < -0.4 is 0 Å². The molecule has 96 valence electrons. The molecule has 1 fully saturated rings. The molecule has 1 aliphatic rings. The molecule has 0 aromatic rings. The van der Waals surface area contributed by atoms with Crippen molar-refractivity contribution in [2.24, 2.45) is 10.8 Å². The summed E-state index contributed by atoms with van der Waals surface area (Å²) in [5, 5.41) is 0. The molecule has 0 saturated heterocycles. The Morgan fingerprint density at radius 3 is 2.38 bits per heavy atom. The maximum absolute atomic E-state index is 5.72. The molecular weight excluding hydrogens is 200 g/mol. The Morgan fingerprint density at radius 2 is 1.69 bits per heavy atom. The fourth-order valence-corrected chi connectivity index (χ4v) is 2.49. The number of rotatable bonds is 5. The molecule has 0 heterocycles. The van der Waals surface area contributed by atoms with Crippen LogP contribution in [0.25, 0.3) is 0 Å². The van der Waals surface area contributed by atoms with Crippen LogP contribution in [0.2, 0.25) is 0 Å². The number of methoxy groups -OCH3 is 1. The Kier molecular flexibility index (Phi) is 5.26. The predicted molar refractivity (Wildman–Crippen MR) is 67.7 cm³/mol. The van der Waals surface area contributed by atoms with Crippen LogP contribution in [-0.2, 0) is 9.47 Å². The quantitative estimate of drug-likeness (QED) is 0.528. The molecule has 1 saturated carbocycles. The zero-order valence-corrected chi connectivity index (χ0v) is 11.5. The van der Waals surface area contributed by atoms with E-state index in [2.05, 4.69) is 20.8 Å². The fourth-order valence-electron chi connectivity index (χ4n) is 2.49. The van der Waals surface area contributed by atoms with Gasteiger partial charge in [-0.1, -0.05) is 27.2 Å². The third-order valence-electron chi connectivity index (χ3n) is 3.92. The summed E-state index contributed by atoms with van der Waals surface area (Å²) in [5.41, 5.74) is 0.922. The van der Waals surface area contributed by atoms with Crippen molar-refractivity contribution in [2.45, 2.75) is 52.9 Å². The summed E-state index contributed by atoms with van der Waals surface area (Å²) in [6, 6.07) is 0. The molecule has 0 bridgehead atoms. The normalized spacial score (nSPS) is 30.0. The smallest absolute Gasteiger partial charge is 0.0700 e. The maximum Gasteiger partial charge on any atom is 0.0700 e. The maximum atomic E-state index is 5.72. The first-order valence-corrected chi connectivity index (χ1v) is 6.54. The molecule has 0 spiro atoms. The standard InChI is InChI=1S/C14H28O2/c1-13(2)6-5-7-14(3,9-8-13)12-16-11-10-15-4/h5-12H2,1-4H3. The van der Waals surface area contributed by atoms with Gasteiger partial charge in [0.2, 0.25) is 0 Å². The molecule has 2 heteroatoms. The van der Waals surface area contributed by atoms with Crippen molar-refractivity contribution < 1.29 is 9.47 Å². The largest absolute Gasteiger partial charge is 0.382 e. The molecule has 1 atom stereocenters. The third-order valence-corrected chi connectivity index (χ3v) is 3.92. The van der Waals surface area contributed by atoms with Gasteiger partial charge in [0.05, 0.1) is 19.8 Å². The van der Waals surface area contributed by atoms with Gasteiger partial charge < -0.3 is 9.47 Å². The summed E-state index contributed by atoms with van der Waals surface area (Å²) >= 11 is 0. The summed E-state index contributed by atoms with van der Waals surface area (Å²) in [7, 11) is 1.72. The second kappa shape index (κ2) is 6.02. The lowest BCUT2D eigenvalue weighted by Gasteiger charge is -2.29. The van der Waals surface area contributed by atoms with Crippen LogP contribution in [0.4, 0.5) is 0 Å². The Morgan fingerprint density at radius 1 is 0.938 bits per heavy atom. The summed E-state index contributed by atoms with van der Waals surface area (Å²) in [6.45, 7) is 9.50. The van der Waals surface area contributed by atoms with Crippen molar-refractivity contribution in [1.82, 2.24) is 0 Å². The van der Waals surface area contributed by atoms with E-state index in [0.29, 0.717) is 17.4 Å². The van der Waals surface area contributed by atoms with Gasteiger partial charge in [0.15, 0.2) is 0 Å². The lowest BCUT2D eigenvalue weighted by Crippen LogP contribution is -2.24. The van der Waals surface area contributed by atoms with Gasteiger partial charge in [-0.15, -0.1) is 0 Å². The monoisotopic (exact) mass is 228 g/mol. The van der Waals surface area contributed by atoms with Gasteiger partial charge >= 0.3 is 0 Å². The SMILES string of the molecule is COCCOCC1(C)CCCC(C)(C)CC1. The summed E-state index contributed by atoms with van der Waals surface area (Å²) < 4.78 is 10.7. The van der Waals surface area contributed by atoms with E-state index in [1.807, 2.05) is 0 Å². The zero-order chi connectivity index (χ0) is 12.1. The van der Waals surface area contributed by atoms with Gasteiger partial charge in [-0.3, -0.25) is 0 Å². The summed E-state index contributed by atoms with van der Waals surface area (Å²) in [5.74, 6) is 0. The Bertz CT molecular complexity index is 201. The highest BCUT2D eigenvalue weighted by molar-refractivity contribution is 4.83. The van der Waals surface area contributed by atoms with Gasteiger partial charge in [-0.2, -0.15) is 0 Å². The molecule has 1 rings (SSSR count). The van der Waals surface area contributed by atoms with E-state index in [1.54, 1.807) is 7.11 Å². The summed E-state index contributed by atoms with van der Waals surface area (Å²) in [6.07, 6.45) is 6.64. The Hall–Kier alpha value is -0.0800. The molecule has 1 unspecified atom stereocenters. The lowest BCUT2D eigenvalue weighted by atomic mass is 9.80. The molecule has 0 aromatic heterocycles. The molecule has 0 aliphatic heterocycles. The predicted octanol–water partition coefficient (Wildman–Crippen LogP) is 3.65. The second-order valence-electron chi connectivity index (χ2n) is 6.37. The fraction of sp³-hybridized carbons (Fsp3) is 1.00. The van der Waals surface area contributed by atoms with Crippen molar-refractivity contribution in [1.29, 1.82) is 0 Å². The topological polar surface area (TPSA) is 18.5 Å². The van der Waals surface area contributed by atoms with Gasteiger partial charge in [-0.05, 0) is 36.5 Å². The lowest BCUT2D eigenvalue weighted by molar-refractivity contribution is 0.0148. The van der Waals surface area contributed by atoms with Crippen LogP contribution in [-0.4, -0.2) is 26.9 Å². The van der Waals surface area contributed by atoms with Crippen LogP contribution in [0, 0.1) is 10.8 Å². The molecule has 0 radical (unpaired) electrons. The molecule has 2 nitrogen and oxygen atoms in total. The van der Waals surface area contributed by atoms with E-state index in [0.717, 1.165) is 13.2 Å². The first-order valence-electron chi connectivity index (χ1n) is 6.54. The van der Waals surface area contributed by atoms with Crippen LogP contribution in [0.5, 0.6) is 0 Å². The first-order chi connectivity index (χ1) is 7.47. The number of ether oxygens (including phenoxy) is 2. The van der Waals surface area contributed by atoms with E-state index in [-0.39, 0.29) is 0 Å². The molecular formula is C14H28O2. The minimum atomic E-state index is 0.390. The van der Waals surface area contributed by atoms with Crippen LogP contribution in [0.1, 0.15) is 52.9 Å². The minimum absolute atomic E-state index is 0.390. The van der Waals surface area contributed by atoms with Crippen LogP contribution >= 0.6 is 0 Å². The van der Waals surface area contributed by atoms with E-state index < -0.39 is 0 Å². The zero-order valence-electron chi connectivity index (χ0n) is 11.5. The highest BCUT2D eigenvalue weighted by Gasteiger charge is 2.31. The molecule has 0 amide bonds. The number of hydrogen-bond acceptors (Lipinski definition) is 2. The van der Waals surface area contributed by atoms with Gasteiger partial charge in [-0.25, -0.2) is 0 Å². The Labute approximate surface area is 101 Å². The van der Waals surface area contributed by atoms with Gasteiger partial charge in [0, 0.05) is 7.11 Å². The van der Waals surface area contributed by atoms with Crippen molar-refractivity contribution in [3.63, 3.8) is 0 Å². The van der Waals surface area contributed by atoms with Gasteiger partial charge in [0.1, 0.15) is 0 Å². The van der Waals surface area contributed by atoms with Crippen molar-refractivity contribution in [2.75, 3.05) is 26.9 Å². The summed E-state index contributed by atoms with van der Waals surface area (Å²) in [4.78, 5) is 0. The Balaban J connectivity index is 2.32. The third kappa shape index (κ3) is 4.84. The van der Waals surface area contributed by atoms with E-state index in [9.17, 15) is 0 Å². The minimum Gasteiger partial charge on any atom is -0.382 e. The van der Waals surface area contributed by atoms with E-state index >= 15 is 0 Å². The number of hydrogen-bond donors (Lipinski definition) is 0. The van der Waals surface area contributed by atoms with E-state index in [1.165, 1.54) is 32.1 Å². The van der Waals surface area contributed by atoms with Crippen molar-refractivity contribution >= 4 is 0 Å². The average molecular weight is 228 g/mol. The first kappa shape index (κ1) is 14.0. The second-order valence-corrected chi connectivity index (χ2v) is 6.37. The molecule has 0 N–H and O–H groups in total. The van der Waals surface area contributed by atoms with Crippen molar-refractivity contribution in [3.05, 3.63) is 0 Å². The highest BCUT2D eigenvalue weighted by atomic mass is 16.5. The molecule has 1 aliphatic carbocycles. The average Bonchev–Trinajstić information content (AvgIpc) is 2.34. The molecule has 16 heavy (non-hydrogen) atoms. The molecule has 0 aromatic carbocycles. The van der Waals surface area contributed by atoms with E-state index in [4.69, 9.17) is 9.47 Å².